The lowest BCUT2D eigenvalue weighted by Crippen LogP contribution is -2.42. The third kappa shape index (κ3) is 4.43. The van der Waals surface area contributed by atoms with Crippen LogP contribution in [-0.2, 0) is 16.0 Å². The monoisotopic (exact) mass is 434 g/mol. The predicted molar refractivity (Wildman–Crippen MR) is 111 cm³/mol. The zero-order chi connectivity index (χ0) is 20.4. The number of ether oxygens (including phenoxy) is 2. The number of hydrogen-bond donors (Lipinski definition) is 1. The van der Waals surface area contributed by atoms with Crippen LogP contribution in [0, 0.1) is 5.92 Å². The molecule has 0 aliphatic carbocycles. The maximum absolute atomic E-state index is 12.6. The Balaban J connectivity index is 1.30. The van der Waals surface area contributed by atoms with Gasteiger partial charge < -0.3 is 19.7 Å². The van der Waals surface area contributed by atoms with Gasteiger partial charge in [-0.15, -0.1) is 0 Å². The van der Waals surface area contributed by atoms with Crippen LogP contribution >= 0.6 is 23.2 Å². The largest absolute Gasteiger partial charge is 0.454 e. The summed E-state index contributed by atoms with van der Waals surface area (Å²) in [5.41, 5.74) is 1.31. The number of anilines is 1. The van der Waals surface area contributed by atoms with Gasteiger partial charge in [0.2, 0.25) is 18.6 Å². The summed E-state index contributed by atoms with van der Waals surface area (Å²) in [5, 5.41) is 3.91. The Bertz CT molecular complexity index is 922. The molecule has 29 heavy (non-hydrogen) atoms. The number of likely N-dealkylation sites (tertiary alicyclic amines) is 1. The molecule has 1 N–H and O–H groups in total. The van der Waals surface area contributed by atoms with Crippen molar-refractivity contribution in [1.82, 2.24) is 4.90 Å². The number of amides is 2. The number of nitrogens with zero attached hydrogens (tertiary/aromatic N) is 1. The van der Waals surface area contributed by atoms with Gasteiger partial charge in [0, 0.05) is 40.8 Å². The van der Waals surface area contributed by atoms with Gasteiger partial charge in [-0.3, -0.25) is 9.59 Å². The summed E-state index contributed by atoms with van der Waals surface area (Å²) >= 11 is 12.3. The zero-order valence-corrected chi connectivity index (χ0v) is 17.1. The molecule has 2 heterocycles. The summed E-state index contributed by atoms with van der Waals surface area (Å²) in [5.74, 6) is 1.07. The van der Waals surface area contributed by atoms with E-state index in [1.807, 2.05) is 0 Å². The Kier molecular flexibility index (Phi) is 5.83. The fraction of sp³-hybridized carbons (Fsp3) is 0.333. The Morgan fingerprint density at radius 2 is 1.72 bits per heavy atom. The van der Waals surface area contributed by atoms with Crippen LogP contribution in [0.15, 0.2) is 36.4 Å². The molecule has 0 aromatic heterocycles. The molecule has 6 nitrogen and oxygen atoms in total. The van der Waals surface area contributed by atoms with E-state index in [-0.39, 0.29) is 30.9 Å². The van der Waals surface area contributed by atoms with Gasteiger partial charge in [-0.05, 0) is 42.7 Å². The highest BCUT2D eigenvalue weighted by Gasteiger charge is 2.28. The maximum atomic E-state index is 12.6. The Morgan fingerprint density at radius 1 is 1.03 bits per heavy atom. The fourth-order valence-corrected chi connectivity index (χ4v) is 4.11. The summed E-state index contributed by atoms with van der Waals surface area (Å²) < 4.78 is 10.6. The van der Waals surface area contributed by atoms with Crippen LogP contribution in [0.1, 0.15) is 18.4 Å². The van der Waals surface area contributed by atoms with Gasteiger partial charge in [-0.1, -0.05) is 29.3 Å². The van der Waals surface area contributed by atoms with E-state index in [2.05, 4.69) is 5.32 Å². The van der Waals surface area contributed by atoms with E-state index >= 15 is 0 Å². The van der Waals surface area contributed by atoms with Gasteiger partial charge in [0.1, 0.15) is 0 Å². The number of halogens is 2. The molecule has 2 aromatic rings. The summed E-state index contributed by atoms with van der Waals surface area (Å²) in [7, 11) is 0. The lowest BCUT2D eigenvalue weighted by atomic mass is 9.95. The Labute approximate surface area is 178 Å². The molecule has 0 saturated carbocycles. The van der Waals surface area contributed by atoms with Crippen LogP contribution in [0.5, 0.6) is 11.5 Å². The minimum Gasteiger partial charge on any atom is -0.454 e. The first-order chi connectivity index (χ1) is 14.0. The molecule has 2 amide bonds. The fourth-order valence-electron chi connectivity index (χ4n) is 3.57. The van der Waals surface area contributed by atoms with Crippen LogP contribution in [-0.4, -0.2) is 36.6 Å². The molecule has 1 fully saturated rings. The second-order valence-electron chi connectivity index (χ2n) is 7.09. The van der Waals surface area contributed by atoms with Crippen LogP contribution in [0.4, 0.5) is 5.69 Å². The average molecular weight is 435 g/mol. The lowest BCUT2D eigenvalue weighted by molar-refractivity contribution is -0.133. The second kappa shape index (κ2) is 8.51. The molecule has 4 rings (SSSR count). The molecule has 0 unspecified atom stereocenters. The van der Waals surface area contributed by atoms with E-state index in [1.54, 1.807) is 41.3 Å². The first kappa shape index (κ1) is 19.9. The standard InChI is InChI=1S/C21H20Cl2N2O4/c22-16-2-1-3-17(23)15(16)11-20(26)25-8-6-13(7-9-25)21(27)24-14-4-5-18-19(10-14)29-12-28-18/h1-5,10,13H,6-9,11-12H2,(H,24,27). The normalized spacial score (nSPS) is 16.0. The SMILES string of the molecule is O=C(Nc1ccc2c(c1)OCO2)C1CCN(C(=O)Cc2c(Cl)cccc2Cl)CC1. The quantitative estimate of drug-likeness (QED) is 0.784. The van der Waals surface area contributed by atoms with E-state index in [1.165, 1.54) is 0 Å². The summed E-state index contributed by atoms with van der Waals surface area (Å²) in [6, 6.07) is 10.5. The van der Waals surface area contributed by atoms with E-state index in [0.717, 1.165) is 0 Å². The Hall–Kier alpha value is -2.44. The zero-order valence-electron chi connectivity index (χ0n) is 15.6. The van der Waals surface area contributed by atoms with Gasteiger partial charge in [-0.25, -0.2) is 0 Å². The number of fused-ring (bicyclic) bond motifs is 1. The lowest BCUT2D eigenvalue weighted by Gasteiger charge is -2.31. The predicted octanol–water partition coefficient (Wildman–Crippen LogP) is 4.14. The molecule has 0 atom stereocenters. The number of piperidine rings is 1. The minimum atomic E-state index is -0.145. The first-order valence-corrected chi connectivity index (χ1v) is 10.2. The molecule has 1 saturated heterocycles. The highest BCUT2D eigenvalue weighted by Crippen LogP contribution is 2.34. The maximum Gasteiger partial charge on any atom is 0.231 e. The van der Waals surface area contributed by atoms with Crippen molar-refractivity contribution in [3.63, 3.8) is 0 Å². The van der Waals surface area contributed by atoms with Crippen molar-refractivity contribution in [1.29, 1.82) is 0 Å². The number of carbonyl (C=O) groups excluding carboxylic acids is 2. The van der Waals surface area contributed by atoms with Gasteiger partial charge in [0.15, 0.2) is 11.5 Å². The molecule has 2 aliphatic heterocycles. The second-order valence-corrected chi connectivity index (χ2v) is 7.90. The van der Waals surface area contributed by atoms with E-state index < -0.39 is 0 Å². The van der Waals surface area contributed by atoms with Crippen molar-refractivity contribution in [3.05, 3.63) is 52.0 Å². The van der Waals surface area contributed by atoms with Gasteiger partial charge in [0.25, 0.3) is 0 Å². The summed E-state index contributed by atoms with van der Waals surface area (Å²) in [6.45, 7) is 1.25. The van der Waals surface area contributed by atoms with Gasteiger partial charge >= 0.3 is 0 Å². The van der Waals surface area contributed by atoms with Crippen molar-refractivity contribution in [2.24, 2.45) is 5.92 Å². The smallest absolute Gasteiger partial charge is 0.231 e. The molecule has 0 radical (unpaired) electrons. The van der Waals surface area contributed by atoms with Crippen molar-refractivity contribution in [3.8, 4) is 11.5 Å². The van der Waals surface area contributed by atoms with Crippen molar-refractivity contribution < 1.29 is 19.1 Å². The average Bonchev–Trinajstić information content (AvgIpc) is 3.18. The van der Waals surface area contributed by atoms with Crippen molar-refractivity contribution >= 4 is 40.7 Å². The van der Waals surface area contributed by atoms with Crippen LogP contribution in [0.3, 0.4) is 0 Å². The third-order valence-corrected chi connectivity index (χ3v) is 5.96. The van der Waals surface area contributed by atoms with Crippen molar-refractivity contribution in [2.75, 3.05) is 25.2 Å². The van der Waals surface area contributed by atoms with Crippen LogP contribution in [0.25, 0.3) is 0 Å². The van der Waals surface area contributed by atoms with E-state index in [9.17, 15) is 9.59 Å². The molecule has 2 aliphatic rings. The molecule has 8 heteroatoms. The van der Waals surface area contributed by atoms with Crippen molar-refractivity contribution in [2.45, 2.75) is 19.3 Å². The number of rotatable bonds is 4. The van der Waals surface area contributed by atoms with E-state index in [0.29, 0.717) is 58.7 Å². The Morgan fingerprint density at radius 3 is 2.45 bits per heavy atom. The van der Waals surface area contributed by atoms with Crippen LogP contribution in [0.2, 0.25) is 10.0 Å². The molecular weight excluding hydrogens is 415 g/mol. The van der Waals surface area contributed by atoms with Gasteiger partial charge in [-0.2, -0.15) is 0 Å². The molecule has 0 spiro atoms. The molecule has 152 valence electrons. The van der Waals surface area contributed by atoms with E-state index in [4.69, 9.17) is 32.7 Å². The number of carbonyl (C=O) groups is 2. The van der Waals surface area contributed by atoms with Crippen LogP contribution < -0.4 is 14.8 Å². The third-order valence-electron chi connectivity index (χ3n) is 5.25. The molecular formula is C21H20Cl2N2O4. The number of nitrogens with one attached hydrogen (secondary N) is 1. The molecule has 2 aromatic carbocycles. The summed E-state index contributed by atoms with van der Waals surface area (Å²) in [4.78, 5) is 27.0. The highest BCUT2D eigenvalue weighted by atomic mass is 35.5. The number of hydrogen-bond acceptors (Lipinski definition) is 4. The first-order valence-electron chi connectivity index (χ1n) is 9.42. The highest BCUT2D eigenvalue weighted by molar-refractivity contribution is 6.36. The number of benzene rings is 2. The topological polar surface area (TPSA) is 67.9 Å². The minimum absolute atomic E-state index is 0.0328. The van der Waals surface area contributed by atoms with Gasteiger partial charge in [0.05, 0.1) is 6.42 Å². The molecule has 0 bridgehead atoms. The summed E-state index contributed by atoms with van der Waals surface area (Å²) in [6.07, 6.45) is 1.38.